The standard InChI is InChI=1S/C15H20N2O2/c1-10(2)9-16-12-5-3-11(4-6-12)13-7-8-14(18)17-15(13)19/h3-6,10,13,16H,7-9H2,1-2H3,(H,17,18,19). The molecule has 1 aromatic carbocycles. The summed E-state index contributed by atoms with van der Waals surface area (Å²) in [7, 11) is 0. The van der Waals surface area contributed by atoms with E-state index in [1.807, 2.05) is 24.3 Å². The Morgan fingerprint density at radius 3 is 2.53 bits per heavy atom. The van der Waals surface area contributed by atoms with Gasteiger partial charge in [0, 0.05) is 18.7 Å². The number of carbonyl (C=O) groups excluding carboxylic acids is 2. The van der Waals surface area contributed by atoms with Gasteiger partial charge in [-0.25, -0.2) is 0 Å². The Morgan fingerprint density at radius 2 is 1.95 bits per heavy atom. The number of hydrogen-bond donors (Lipinski definition) is 2. The molecule has 0 spiro atoms. The Bertz CT molecular complexity index is 466. The van der Waals surface area contributed by atoms with Crippen molar-refractivity contribution in [1.29, 1.82) is 0 Å². The second kappa shape index (κ2) is 5.87. The first-order valence-corrected chi connectivity index (χ1v) is 6.74. The maximum Gasteiger partial charge on any atom is 0.234 e. The van der Waals surface area contributed by atoms with Crippen molar-refractivity contribution in [1.82, 2.24) is 5.32 Å². The van der Waals surface area contributed by atoms with Crippen LogP contribution in [-0.4, -0.2) is 18.4 Å². The van der Waals surface area contributed by atoms with Crippen LogP contribution in [-0.2, 0) is 9.59 Å². The molecule has 2 amide bonds. The molecule has 0 radical (unpaired) electrons. The van der Waals surface area contributed by atoms with Crippen molar-refractivity contribution in [3.63, 3.8) is 0 Å². The number of anilines is 1. The van der Waals surface area contributed by atoms with Gasteiger partial charge in [0.1, 0.15) is 0 Å². The smallest absolute Gasteiger partial charge is 0.234 e. The zero-order valence-corrected chi connectivity index (χ0v) is 11.4. The van der Waals surface area contributed by atoms with E-state index in [9.17, 15) is 9.59 Å². The molecular weight excluding hydrogens is 240 g/mol. The second-order valence-corrected chi connectivity index (χ2v) is 5.40. The highest BCUT2D eigenvalue weighted by molar-refractivity contribution is 6.00. The predicted octanol–water partition coefficient (Wildman–Crippen LogP) is 2.27. The number of amides is 2. The van der Waals surface area contributed by atoms with Gasteiger partial charge in [-0.2, -0.15) is 0 Å². The third kappa shape index (κ3) is 3.56. The van der Waals surface area contributed by atoms with Crippen LogP contribution in [0.4, 0.5) is 5.69 Å². The minimum atomic E-state index is -0.197. The Morgan fingerprint density at radius 1 is 1.26 bits per heavy atom. The molecule has 1 aliphatic heterocycles. The molecule has 19 heavy (non-hydrogen) atoms. The molecule has 0 bridgehead atoms. The normalized spacial score (nSPS) is 19.4. The number of nitrogens with one attached hydrogen (secondary N) is 2. The molecule has 0 aromatic heterocycles. The summed E-state index contributed by atoms with van der Waals surface area (Å²) in [5.41, 5.74) is 2.03. The molecule has 1 saturated heterocycles. The summed E-state index contributed by atoms with van der Waals surface area (Å²) in [5, 5.41) is 5.73. The van der Waals surface area contributed by atoms with Crippen molar-refractivity contribution >= 4 is 17.5 Å². The molecule has 1 fully saturated rings. The topological polar surface area (TPSA) is 58.2 Å². The van der Waals surface area contributed by atoms with Gasteiger partial charge >= 0.3 is 0 Å². The molecule has 1 aromatic rings. The van der Waals surface area contributed by atoms with E-state index in [1.54, 1.807) is 0 Å². The second-order valence-electron chi connectivity index (χ2n) is 5.40. The third-order valence-corrected chi connectivity index (χ3v) is 3.27. The van der Waals surface area contributed by atoms with E-state index in [0.717, 1.165) is 17.8 Å². The van der Waals surface area contributed by atoms with Crippen molar-refractivity contribution in [2.24, 2.45) is 5.92 Å². The van der Waals surface area contributed by atoms with E-state index < -0.39 is 0 Å². The van der Waals surface area contributed by atoms with Crippen LogP contribution in [0, 0.1) is 5.92 Å². The van der Waals surface area contributed by atoms with Gasteiger partial charge in [0.25, 0.3) is 0 Å². The molecular formula is C15H20N2O2. The quantitative estimate of drug-likeness (QED) is 0.816. The Balaban J connectivity index is 2.01. The van der Waals surface area contributed by atoms with E-state index in [4.69, 9.17) is 0 Å². The van der Waals surface area contributed by atoms with Crippen molar-refractivity contribution in [3.05, 3.63) is 29.8 Å². The van der Waals surface area contributed by atoms with Crippen LogP contribution in [0.25, 0.3) is 0 Å². The first-order chi connectivity index (χ1) is 9.06. The number of rotatable bonds is 4. The summed E-state index contributed by atoms with van der Waals surface area (Å²) in [5.74, 6) is 0.0438. The van der Waals surface area contributed by atoms with Crippen LogP contribution in [0.2, 0.25) is 0 Å². The van der Waals surface area contributed by atoms with E-state index in [0.29, 0.717) is 18.8 Å². The number of benzene rings is 1. The van der Waals surface area contributed by atoms with E-state index in [-0.39, 0.29) is 17.7 Å². The lowest BCUT2D eigenvalue weighted by molar-refractivity contribution is -0.134. The fraction of sp³-hybridized carbons (Fsp3) is 0.467. The third-order valence-electron chi connectivity index (χ3n) is 3.27. The van der Waals surface area contributed by atoms with E-state index in [1.165, 1.54) is 0 Å². The molecule has 4 heteroatoms. The molecule has 1 heterocycles. The molecule has 2 N–H and O–H groups in total. The Hall–Kier alpha value is -1.84. The summed E-state index contributed by atoms with van der Waals surface area (Å²) < 4.78 is 0. The molecule has 0 saturated carbocycles. The van der Waals surface area contributed by atoms with Crippen LogP contribution < -0.4 is 10.6 Å². The molecule has 4 nitrogen and oxygen atoms in total. The minimum absolute atomic E-state index is 0.170. The summed E-state index contributed by atoms with van der Waals surface area (Å²) >= 11 is 0. The van der Waals surface area contributed by atoms with Crippen LogP contribution in [0.5, 0.6) is 0 Å². The summed E-state index contributed by atoms with van der Waals surface area (Å²) in [4.78, 5) is 22.9. The SMILES string of the molecule is CC(C)CNc1ccc(C2CCC(=O)NC2=O)cc1. The Kier molecular flexibility index (Phi) is 4.20. The first-order valence-electron chi connectivity index (χ1n) is 6.74. The fourth-order valence-electron chi connectivity index (χ4n) is 2.17. The first kappa shape index (κ1) is 13.6. The van der Waals surface area contributed by atoms with Crippen LogP contribution in [0.15, 0.2) is 24.3 Å². The van der Waals surface area contributed by atoms with Crippen molar-refractivity contribution in [2.75, 3.05) is 11.9 Å². The molecule has 1 atom stereocenters. The lowest BCUT2D eigenvalue weighted by Crippen LogP contribution is -2.39. The zero-order chi connectivity index (χ0) is 13.8. The van der Waals surface area contributed by atoms with Gasteiger partial charge in [-0.3, -0.25) is 14.9 Å². The largest absolute Gasteiger partial charge is 0.385 e. The van der Waals surface area contributed by atoms with Crippen LogP contribution >= 0.6 is 0 Å². The monoisotopic (exact) mass is 260 g/mol. The number of imide groups is 1. The summed E-state index contributed by atoms with van der Waals surface area (Å²) in [6.07, 6.45) is 1.02. The van der Waals surface area contributed by atoms with Crippen molar-refractivity contribution < 1.29 is 9.59 Å². The predicted molar refractivity (Wildman–Crippen MR) is 74.9 cm³/mol. The number of carbonyl (C=O) groups is 2. The van der Waals surface area contributed by atoms with Crippen molar-refractivity contribution in [2.45, 2.75) is 32.6 Å². The summed E-state index contributed by atoms with van der Waals surface area (Å²) in [6, 6.07) is 7.90. The van der Waals surface area contributed by atoms with Gasteiger partial charge in [0.05, 0.1) is 5.92 Å². The van der Waals surface area contributed by atoms with Gasteiger partial charge in [0.2, 0.25) is 11.8 Å². The molecule has 0 aliphatic carbocycles. The molecule has 1 aliphatic rings. The van der Waals surface area contributed by atoms with Gasteiger partial charge in [0.15, 0.2) is 0 Å². The van der Waals surface area contributed by atoms with Crippen LogP contribution in [0.3, 0.4) is 0 Å². The number of piperidine rings is 1. The lowest BCUT2D eigenvalue weighted by Gasteiger charge is -2.21. The number of hydrogen-bond acceptors (Lipinski definition) is 3. The van der Waals surface area contributed by atoms with Gasteiger partial charge in [-0.15, -0.1) is 0 Å². The van der Waals surface area contributed by atoms with Crippen LogP contribution in [0.1, 0.15) is 38.2 Å². The summed E-state index contributed by atoms with van der Waals surface area (Å²) in [6.45, 7) is 5.24. The molecule has 102 valence electrons. The van der Waals surface area contributed by atoms with Gasteiger partial charge in [-0.05, 0) is 30.0 Å². The highest BCUT2D eigenvalue weighted by Gasteiger charge is 2.27. The minimum Gasteiger partial charge on any atom is -0.385 e. The van der Waals surface area contributed by atoms with Gasteiger partial charge < -0.3 is 5.32 Å². The maximum atomic E-state index is 11.8. The lowest BCUT2D eigenvalue weighted by atomic mass is 9.90. The highest BCUT2D eigenvalue weighted by Crippen LogP contribution is 2.25. The van der Waals surface area contributed by atoms with Crippen molar-refractivity contribution in [3.8, 4) is 0 Å². The van der Waals surface area contributed by atoms with E-state index in [2.05, 4.69) is 24.5 Å². The molecule has 2 rings (SSSR count). The molecule has 1 unspecified atom stereocenters. The fourth-order valence-corrected chi connectivity index (χ4v) is 2.17. The maximum absolute atomic E-state index is 11.8. The Labute approximate surface area is 113 Å². The van der Waals surface area contributed by atoms with E-state index >= 15 is 0 Å². The average Bonchev–Trinajstić information content (AvgIpc) is 2.37. The zero-order valence-electron chi connectivity index (χ0n) is 11.4. The average molecular weight is 260 g/mol. The van der Waals surface area contributed by atoms with Gasteiger partial charge in [-0.1, -0.05) is 26.0 Å². The highest BCUT2D eigenvalue weighted by atomic mass is 16.2.